The van der Waals surface area contributed by atoms with E-state index in [0.29, 0.717) is 13.2 Å². The molecular weight excluding hydrogens is 216 g/mol. The van der Waals surface area contributed by atoms with Crippen molar-refractivity contribution in [2.45, 2.75) is 19.8 Å². The SMILES string of the molecule is CCOC(=O)CN1CCCc2c(N)cccc21. The molecule has 0 aliphatic carbocycles. The average molecular weight is 234 g/mol. The molecule has 17 heavy (non-hydrogen) atoms. The number of nitrogens with zero attached hydrogens (tertiary/aromatic N) is 1. The molecule has 0 spiro atoms. The second kappa shape index (κ2) is 5.08. The van der Waals surface area contributed by atoms with Crippen molar-refractivity contribution in [1.82, 2.24) is 0 Å². The molecule has 4 heteroatoms. The van der Waals surface area contributed by atoms with Crippen LogP contribution in [0.2, 0.25) is 0 Å². The van der Waals surface area contributed by atoms with E-state index in [1.54, 1.807) is 0 Å². The van der Waals surface area contributed by atoms with E-state index >= 15 is 0 Å². The van der Waals surface area contributed by atoms with Crippen LogP contribution in [0.4, 0.5) is 11.4 Å². The number of fused-ring (bicyclic) bond motifs is 1. The van der Waals surface area contributed by atoms with Crippen molar-refractivity contribution < 1.29 is 9.53 Å². The van der Waals surface area contributed by atoms with Gasteiger partial charge < -0.3 is 15.4 Å². The molecule has 1 aliphatic rings. The van der Waals surface area contributed by atoms with Crippen molar-refractivity contribution in [2.75, 3.05) is 30.3 Å². The zero-order valence-electron chi connectivity index (χ0n) is 10.1. The van der Waals surface area contributed by atoms with Gasteiger partial charge in [-0.15, -0.1) is 0 Å². The van der Waals surface area contributed by atoms with Crippen LogP contribution in [-0.4, -0.2) is 25.7 Å². The molecule has 4 nitrogen and oxygen atoms in total. The van der Waals surface area contributed by atoms with Crippen LogP contribution in [0.15, 0.2) is 18.2 Å². The normalized spacial score (nSPS) is 14.3. The Labute approximate surface area is 101 Å². The molecule has 0 saturated heterocycles. The molecule has 2 N–H and O–H groups in total. The summed E-state index contributed by atoms with van der Waals surface area (Å²) in [7, 11) is 0. The van der Waals surface area contributed by atoms with Gasteiger partial charge in [-0.2, -0.15) is 0 Å². The summed E-state index contributed by atoms with van der Waals surface area (Å²) >= 11 is 0. The van der Waals surface area contributed by atoms with Crippen molar-refractivity contribution in [3.05, 3.63) is 23.8 Å². The van der Waals surface area contributed by atoms with Gasteiger partial charge in [0.05, 0.1) is 6.61 Å². The van der Waals surface area contributed by atoms with E-state index in [2.05, 4.69) is 0 Å². The fraction of sp³-hybridized carbons (Fsp3) is 0.462. The molecule has 0 aromatic heterocycles. The molecule has 1 heterocycles. The maximum Gasteiger partial charge on any atom is 0.325 e. The van der Waals surface area contributed by atoms with E-state index in [0.717, 1.165) is 36.3 Å². The first-order valence-corrected chi connectivity index (χ1v) is 6.00. The molecule has 0 radical (unpaired) electrons. The third-order valence-electron chi connectivity index (χ3n) is 3.01. The third-order valence-corrected chi connectivity index (χ3v) is 3.01. The van der Waals surface area contributed by atoms with Gasteiger partial charge in [-0.25, -0.2) is 0 Å². The Balaban J connectivity index is 2.17. The Bertz CT molecular complexity index is 418. The predicted octanol–water partition coefficient (Wildman–Crippen LogP) is 1.58. The number of hydrogen-bond acceptors (Lipinski definition) is 4. The second-order valence-corrected chi connectivity index (χ2v) is 4.18. The van der Waals surface area contributed by atoms with Crippen LogP contribution >= 0.6 is 0 Å². The van der Waals surface area contributed by atoms with Crippen molar-refractivity contribution in [2.24, 2.45) is 0 Å². The molecule has 1 aromatic rings. The van der Waals surface area contributed by atoms with Crippen molar-refractivity contribution in [1.29, 1.82) is 0 Å². The standard InChI is InChI=1S/C13H18N2O2/c1-2-17-13(16)9-15-8-4-5-10-11(14)6-3-7-12(10)15/h3,6-7H,2,4-5,8-9,14H2,1H3. The van der Waals surface area contributed by atoms with Crippen LogP contribution < -0.4 is 10.6 Å². The van der Waals surface area contributed by atoms with Crippen LogP contribution in [0.5, 0.6) is 0 Å². The largest absolute Gasteiger partial charge is 0.465 e. The van der Waals surface area contributed by atoms with Gasteiger partial charge in [0.25, 0.3) is 0 Å². The number of nitrogens with two attached hydrogens (primary N) is 1. The zero-order chi connectivity index (χ0) is 12.3. The monoisotopic (exact) mass is 234 g/mol. The molecule has 0 unspecified atom stereocenters. The van der Waals surface area contributed by atoms with Gasteiger partial charge >= 0.3 is 5.97 Å². The van der Waals surface area contributed by atoms with Crippen LogP contribution in [0.25, 0.3) is 0 Å². The van der Waals surface area contributed by atoms with E-state index in [1.807, 2.05) is 30.0 Å². The number of nitrogen functional groups attached to an aromatic ring is 1. The van der Waals surface area contributed by atoms with Gasteiger partial charge in [0.2, 0.25) is 0 Å². The predicted molar refractivity (Wildman–Crippen MR) is 68.0 cm³/mol. The number of rotatable bonds is 3. The zero-order valence-corrected chi connectivity index (χ0v) is 10.1. The summed E-state index contributed by atoms with van der Waals surface area (Å²) in [5, 5.41) is 0. The Kier molecular flexibility index (Phi) is 3.52. The molecule has 92 valence electrons. The topological polar surface area (TPSA) is 55.6 Å². The number of carbonyl (C=O) groups excluding carboxylic acids is 1. The molecule has 0 saturated carbocycles. The highest BCUT2D eigenvalue weighted by Gasteiger charge is 2.20. The average Bonchev–Trinajstić information content (AvgIpc) is 2.31. The Morgan fingerprint density at radius 3 is 3.12 bits per heavy atom. The number of hydrogen-bond donors (Lipinski definition) is 1. The molecule has 1 aromatic carbocycles. The molecule has 0 bridgehead atoms. The van der Waals surface area contributed by atoms with Crippen LogP contribution in [0.1, 0.15) is 18.9 Å². The van der Waals surface area contributed by atoms with Gasteiger partial charge in [-0.1, -0.05) is 6.07 Å². The Morgan fingerprint density at radius 2 is 2.35 bits per heavy atom. The quantitative estimate of drug-likeness (QED) is 0.637. The van der Waals surface area contributed by atoms with E-state index in [4.69, 9.17) is 10.5 Å². The van der Waals surface area contributed by atoms with E-state index in [9.17, 15) is 4.79 Å². The highest BCUT2D eigenvalue weighted by atomic mass is 16.5. The molecule has 1 aliphatic heterocycles. The highest BCUT2D eigenvalue weighted by Crippen LogP contribution is 2.30. The summed E-state index contributed by atoms with van der Waals surface area (Å²) < 4.78 is 4.98. The number of carbonyl (C=O) groups is 1. The Morgan fingerprint density at radius 1 is 1.53 bits per heavy atom. The summed E-state index contributed by atoms with van der Waals surface area (Å²) in [6, 6.07) is 5.86. The minimum absolute atomic E-state index is 0.178. The maximum absolute atomic E-state index is 11.5. The number of esters is 1. The number of ether oxygens (including phenoxy) is 1. The lowest BCUT2D eigenvalue weighted by molar-refractivity contribution is -0.141. The molecule has 0 fully saturated rings. The first kappa shape index (κ1) is 11.8. The fourth-order valence-electron chi connectivity index (χ4n) is 2.25. The van der Waals surface area contributed by atoms with Gasteiger partial charge in [0.1, 0.15) is 6.54 Å². The summed E-state index contributed by atoms with van der Waals surface area (Å²) in [5.74, 6) is -0.178. The van der Waals surface area contributed by atoms with Gasteiger partial charge in [-0.05, 0) is 37.5 Å². The fourth-order valence-corrected chi connectivity index (χ4v) is 2.25. The highest BCUT2D eigenvalue weighted by molar-refractivity contribution is 5.78. The van der Waals surface area contributed by atoms with Crippen LogP contribution in [-0.2, 0) is 16.0 Å². The smallest absolute Gasteiger partial charge is 0.325 e. The Hall–Kier alpha value is -1.71. The van der Waals surface area contributed by atoms with Crippen LogP contribution in [0.3, 0.4) is 0 Å². The lowest BCUT2D eigenvalue weighted by atomic mass is 10.00. The van der Waals surface area contributed by atoms with E-state index < -0.39 is 0 Å². The molecule has 2 rings (SSSR count). The van der Waals surface area contributed by atoms with E-state index in [1.165, 1.54) is 0 Å². The second-order valence-electron chi connectivity index (χ2n) is 4.18. The number of benzene rings is 1. The third kappa shape index (κ3) is 2.52. The maximum atomic E-state index is 11.5. The molecule has 0 atom stereocenters. The summed E-state index contributed by atoms with van der Waals surface area (Å²) in [4.78, 5) is 13.6. The lowest BCUT2D eigenvalue weighted by Crippen LogP contribution is -2.35. The number of anilines is 2. The van der Waals surface area contributed by atoms with Crippen molar-refractivity contribution in [3.63, 3.8) is 0 Å². The lowest BCUT2D eigenvalue weighted by Gasteiger charge is -2.31. The van der Waals surface area contributed by atoms with E-state index in [-0.39, 0.29) is 5.97 Å². The summed E-state index contributed by atoms with van der Waals surface area (Å²) in [6.45, 7) is 3.44. The van der Waals surface area contributed by atoms with Crippen molar-refractivity contribution in [3.8, 4) is 0 Å². The molecule has 0 amide bonds. The minimum atomic E-state index is -0.178. The first-order chi connectivity index (χ1) is 8.22. The first-order valence-electron chi connectivity index (χ1n) is 6.00. The molecular formula is C13H18N2O2. The van der Waals surface area contributed by atoms with Gasteiger partial charge in [0, 0.05) is 17.9 Å². The van der Waals surface area contributed by atoms with Gasteiger partial charge in [-0.3, -0.25) is 4.79 Å². The summed E-state index contributed by atoms with van der Waals surface area (Å²) in [6.07, 6.45) is 2.02. The van der Waals surface area contributed by atoms with Crippen molar-refractivity contribution >= 4 is 17.3 Å². The summed E-state index contributed by atoms with van der Waals surface area (Å²) in [5.41, 5.74) is 9.00. The van der Waals surface area contributed by atoms with Gasteiger partial charge in [0.15, 0.2) is 0 Å². The minimum Gasteiger partial charge on any atom is -0.465 e. The van der Waals surface area contributed by atoms with Crippen LogP contribution in [0, 0.1) is 0 Å².